The van der Waals surface area contributed by atoms with Crippen LogP contribution >= 0.6 is 0 Å². The quantitative estimate of drug-likeness (QED) is 0.466. The smallest absolute Gasteiger partial charge is 0.468 e. The van der Waals surface area contributed by atoms with Gasteiger partial charge in [0, 0.05) is 18.1 Å². The van der Waals surface area contributed by atoms with Gasteiger partial charge in [0.15, 0.2) is 6.79 Å². The number of benzene rings is 1. The molecule has 2 aliphatic carbocycles. The van der Waals surface area contributed by atoms with Crippen LogP contribution in [0, 0.1) is 24.7 Å². The minimum absolute atomic E-state index is 0.0984. The van der Waals surface area contributed by atoms with Gasteiger partial charge in [0.25, 0.3) is 0 Å². The van der Waals surface area contributed by atoms with Crippen LogP contribution in [0.3, 0.4) is 0 Å². The fraction of sp³-hybridized carbons (Fsp3) is 0.769. The van der Waals surface area contributed by atoms with Gasteiger partial charge in [0.1, 0.15) is 5.75 Å². The Bertz CT molecular complexity index is 784. The molecule has 2 unspecified atom stereocenters. The van der Waals surface area contributed by atoms with Crippen LogP contribution in [0.4, 0.5) is 0 Å². The largest absolute Gasteiger partial charge is 0.498 e. The van der Waals surface area contributed by atoms with Gasteiger partial charge in [0.05, 0.1) is 11.2 Å². The summed E-state index contributed by atoms with van der Waals surface area (Å²) in [6.45, 7) is 15.7. The molecule has 1 aromatic rings. The summed E-state index contributed by atoms with van der Waals surface area (Å²) in [6.07, 6.45) is 6.56. The lowest BCUT2D eigenvalue weighted by Crippen LogP contribution is -2.41. The maximum absolute atomic E-state index is 6.45. The van der Waals surface area contributed by atoms with Crippen molar-refractivity contribution in [1.29, 1.82) is 0 Å². The molecule has 4 rings (SSSR count). The SMILES string of the molecule is COCOc1c(B2OC(C)(C)C(C)(C)O2)cc(C)cc1C1(C)CC2CC(C)CC(C2)C1. The molecule has 2 saturated carbocycles. The Morgan fingerprint density at radius 1 is 0.968 bits per heavy atom. The van der Waals surface area contributed by atoms with Crippen molar-refractivity contribution in [2.75, 3.05) is 13.9 Å². The van der Waals surface area contributed by atoms with Crippen LogP contribution in [0.2, 0.25) is 0 Å². The number of fused-ring (bicyclic) bond motifs is 2. The van der Waals surface area contributed by atoms with Gasteiger partial charge in [0.2, 0.25) is 0 Å². The second-order valence-electron chi connectivity index (χ2n) is 11.9. The van der Waals surface area contributed by atoms with Crippen molar-refractivity contribution in [1.82, 2.24) is 0 Å². The minimum Gasteiger partial charge on any atom is -0.468 e. The van der Waals surface area contributed by atoms with Crippen molar-refractivity contribution in [3.8, 4) is 5.75 Å². The molecule has 1 aromatic carbocycles. The van der Waals surface area contributed by atoms with Gasteiger partial charge in [-0.1, -0.05) is 31.5 Å². The lowest BCUT2D eigenvalue weighted by molar-refractivity contribution is 0.00578. The fourth-order valence-corrected chi connectivity index (χ4v) is 6.48. The second kappa shape index (κ2) is 8.07. The van der Waals surface area contributed by atoms with Crippen LogP contribution in [-0.4, -0.2) is 32.2 Å². The van der Waals surface area contributed by atoms with E-state index < -0.39 is 7.12 Å². The number of aryl methyl sites for hydroxylation is 1. The summed E-state index contributed by atoms with van der Waals surface area (Å²) in [5.41, 5.74) is 2.86. The maximum atomic E-state index is 6.45. The van der Waals surface area contributed by atoms with Crippen LogP contribution in [-0.2, 0) is 19.5 Å². The molecule has 4 nitrogen and oxygen atoms in total. The summed E-state index contributed by atoms with van der Waals surface area (Å²) in [7, 11) is 1.23. The third-order valence-electron chi connectivity index (χ3n) is 8.36. The van der Waals surface area contributed by atoms with Gasteiger partial charge in [-0.15, -0.1) is 0 Å². The highest BCUT2D eigenvalue weighted by atomic mass is 16.7. The average Bonchev–Trinajstić information content (AvgIpc) is 2.86. The van der Waals surface area contributed by atoms with Crippen LogP contribution in [0.25, 0.3) is 0 Å². The molecule has 3 fully saturated rings. The predicted octanol–water partition coefficient (Wildman–Crippen LogP) is 5.38. The van der Waals surface area contributed by atoms with Gasteiger partial charge >= 0.3 is 7.12 Å². The van der Waals surface area contributed by atoms with Gasteiger partial charge in [-0.05, 0) is 89.9 Å². The highest BCUT2D eigenvalue weighted by molar-refractivity contribution is 6.63. The first-order valence-corrected chi connectivity index (χ1v) is 12.1. The van der Waals surface area contributed by atoms with Crippen molar-refractivity contribution in [2.24, 2.45) is 17.8 Å². The number of hydrogen-bond acceptors (Lipinski definition) is 4. The molecule has 1 aliphatic heterocycles. The van der Waals surface area contributed by atoms with E-state index in [1.54, 1.807) is 7.11 Å². The average molecular weight is 428 g/mol. The number of ether oxygens (including phenoxy) is 2. The topological polar surface area (TPSA) is 36.9 Å². The molecule has 1 heterocycles. The molecule has 0 spiro atoms. The first-order chi connectivity index (χ1) is 14.4. The summed E-state index contributed by atoms with van der Waals surface area (Å²) in [6, 6.07) is 4.51. The van der Waals surface area contributed by atoms with Gasteiger partial charge in [-0.3, -0.25) is 0 Å². The molecule has 0 N–H and O–H groups in total. The van der Waals surface area contributed by atoms with Gasteiger partial charge in [-0.25, -0.2) is 0 Å². The van der Waals surface area contributed by atoms with Gasteiger partial charge in [-0.2, -0.15) is 0 Å². The first-order valence-electron chi connectivity index (χ1n) is 12.1. The Hall–Kier alpha value is -1.04. The zero-order chi connectivity index (χ0) is 22.6. The summed E-state index contributed by atoms with van der Waals surface area (Å²) >= 11 is 0. The van der Waals surface area contributed by atoms with Crippen molar-refractivity contribution >= 4 is 12.6 Å². The fourth-order valence-electron chi connectivity index (χ4n) is 6.48. The third-order valence-corrected chi connectivity index (χ3v) is 8.36. The monoisotopic (exact) mass is 428 g/mol. The minimum atomic E-state index is -0.442. The molecule has 0 amide bonds. The highest BCUT2D eigenvalue weighted by Gasteiger charge is 2.53. The van der Waals surface area contributed by atoms with E-state index in [1.807, 2.05) is 0 Å². The van der Waals surface area contributed by atoms with E-state index in [0.29, 0.717) is 0 Å². The molecule has 2 bridgehead atoms. The maximum Gasteiger partial charge on any atom is 0.498 e. The Labute approximate surface area is 189 Å². The third kappa shape index (κ3) is 4.30. The molecule has 0 aromatic heterocycles. The Balaban J connectivity index is 1.76. The molecule has 172 valence electrons. The van der Waals surface area contributed by atoms with Crippen molar-refractivity contribution < 1.29 is 18.8 Å². The highest BCUT2D eigenvalue weighted by Crippen LogP contribution is 2.53. The van der Waals surface area contributed by atoms with Crippen molar-refractivity contribution in [2.45, 2.75) is 97.2 Å². The van der Waals surface area contributed by atoms with E-state index in [2.05, 4.69) is 60.6 Å². The Kier molecular flexibility index (Phi) is 6.03. The van der Waals surface area contributed by atoms with Crippen LogP contribution in [0.15, 0.2) is 12.1 Å². The van der Waals surface area contributed by atoms with E-state index in [-0.39, 0.29) is 23.4 Å². The molecule has 1 saturated heterocycles. The predicted molar refractivity (Wildman–Crippen MR) is 126 cm³/mol. The molecule has 3 aliphatic rings. The molecular weight excluding hydrogens is 387 g/mol. The molecule has 0 radical (unpaired) electrons. The number of rotatable bonds is 5. The zero-order valence-corrected chi connectivity index (χ0v) is 20.8. The van der Waals surface area contributed by atoms with Crippen molar-refractivity contribution in [3.63, 3.8) is 0 Å². The first kappa shape index (κ1) is 23.1. The molecular formula is C26H41BO4. The zero-order valence-electron chi connectivity index (χ0n) is 20.8. The van der Waals surface area contributed by atoms with Gasteiger partial charge < -0.3 is 18.8 Å². The van der Waals surface area contributed by atoms with Crippen molar-refractivity contribution in [3.05, 3.63) is 23.3 Å². The van der Waals surface area contributed by atoms with E-state index in [9.17, 15) is 0 Å². The molecule has 2 atom stereocenters. The van der Waals surface area contributed by atoms with Crippen LogP contribution in [0.5, 0.6) is 5.75 Å². The lowest BCUT2D eigenvalue weighted by atomic mass is 9.57. The number of hydrogen-bond donors (Lipinski definition) is 0. The van der Waals surface area contributed by atoms with Crippen LogP contribution < -0.4 is 10.2 Å². The summed E-state index contributed by atoms with van der Waals surface area (Å²) in [5.74, 6) is 3.38. The summed E-state index contributed by atoms with van der Waals surface area (Å²) < 4.78 is 24.5. The van der Waals surface area contributed by atoms with Crippen LogP contribution in [0.1, 0.15) is 84.8 Å². The lowest BCUT2D eigenvalue weighted by Gasteiger charge is -2.48. The Morgan fingerprint density at radius 2 is 1.55 bits per heavy atom. The summed E-state index contributed by atoms with van der Waals surface area (Å²) in [5, 5.41) is 0. The molecule has 5 heteroatoms. The summed E-state index contributed by atoms with van der Waals surface area (Å²) in [4.78, 5) is 0. The molecule has 31 heavy (non-hydrogen) atoms. The number of methoxy groups -OCH3 is 1. The van der Waals surface area contributed by atoms with E-state index in [4.69, 9.17) is 18.8 Å². The Morgan fingerprint density at radius 3 is 2.10 bits per heavy atom. The van der Waals surface area contributed by atoms with E-state index in [1.165, 1.54) is 43.2 Å². The normalized spacial score (nSPS) is 34.1. The van der Waals surface area contributed by atoms with E-state index in [0.717, 1.165) is 29.0 Å². The standard InChI is InChI=1S/C26H41BO4/c1-17-9-19-13-20(10-17)15-26(7,14-19)21-11-18(2)12-22(23(21)29-16-28-8)27-30-24(3,4)25(5,6)31-27/h11-12,17,19-20H,9-10,13-16H2,1-8H3. The van der Waals surface area contributed by atoms with E-state index >= 15 is 0 Å². The second-order valence-corrected chi connectivity index (χ2v) is 11.9.